The predicted molar refractivity (Wildman–Crippen MR) is 90.7 cm³/mol. The first-order valence-electron chi connectivity index (χ1n) is 7.45. The van der Waals surface area contributed by atoms with Crippen molar-refractivity contribution in [2.24, 2.45) is 0 Å². The summed E-state index contributed by atoms with van der Waals surface area (Å²) in [5.41, 5.74) is 2.40. The van der Waals surface area contributed by atoms with Crippen LogP contribution in [-0.4, -0.2) is 45.6 Å². The largest absolute Gasteiger partial charge is 0.497 e. The molecule has 132 valence electrons. The van der Waals surface area contributed by atoms with E-state index < -0.39 is 0 Å². The molecule has 0 amide bonds. The molecule has 0 saturated heterocycles. The quantitative estimate of drug-likeness (QED) is 0.690. The van der Waals surface area contributed by atoms with Crippen molar-refractivity contribution in [3.8, 4) is 5.75 Å². The van der Waals surface area contributed by atoms with Gasteiger partial charge in [-0.25, -0.2) is 9.37 Å². The van der Waals surface area contributed by atoms with Crippen molar-refractivity contribution in [3.05, 3.63) is 53.9 Å². The molecule has 2 N–H and O–H groups in total. The summed E-state index contributed by atoms with van der Waals surface area (Å²) in [5, 5.41) is 6.89. The van der Waals surface area contributed by atoms with E-state index in [0.29, 0.717) is 18.6 Å². The number of benzene rings is 1. The Balaban J connectivity index is 0.000000701. The SMILES string of the molecule is COc1ccnc(CN(C)Cc2nc3ccc(F)cc3[nH]2)c1.O=CO. The van der Waals surface area contributed by atoms with E-state index in [9.17, 15) is 4.39 Å². The van der Waals surface area contributed by atoms with Crippen LogP contribution in [0.5, 0.6) is 5.75 Å². The maximum atomic E-state index is 13.2. The molecule has 0 spiro atoms. The molecule has 25 heavy (non-hydrogen) atoms. The molecule has 0 aliphatic heterocycles. The number of pyridine rings is 1. The highest BCUT2D eigenvalue weighted by atomic mass is 19.1. The number of fused-ring (bicyclic) bond motifs is 1. The van der Waals surface area contributed by atoms with Crippen molar-refractivity contribution >= 4 is 17.5 Å². The van der Waals surface area contributed by atoms with Gasteiger partial charge in [0.05, 0.1) is 30.4 Å². The fraction of sp³-hybridized carbons (Fsp3) is 0.235. The van der Waals surface area contributed by atoms with Crippen LogP contribution in [0.2, 0.25) is 0 Å². The number of ether oxygens (including phenoxy) is 1. The number of methoxy groups -OCH3 is 1. The second-order valence-corrected chi connectivity index (χ2v) is 5.31. The van der Waals surface area contributed by atoms with Crippen molar-refractivity contribution in [1.82, 2.24) is 19.9 Å². The number of H-pyrrole nitrogens is 1. The number of nitrogens with zero attached hydrogens (tertiary/aromatic N) is 3. The summed E-state index contributed by atoms with van der Waals surface area (Å²) in [6, 6.07) is 8.27. The van der Waals surface area contributed by atoms with Gasteiger partial charge in [-0.3, -0.25) is 14.7 Å². The second kappa shape index (κ2) is 8.74. The average Bonchev–Trinajstić information content (AvgIpc) is 2.96. The molecule has 0 saturated carbocycles. The van der Waals surface area contributed by atoms with Crippen LogP contribution in [0, 0.1) is 5.82 Å². The van der Waals surface area contributed by atoms with Gasteiger partial charge < -0.3 is 14.8 Å². The lowest BCUT2D eigenvalue weighted by Crippen LogP contribution is -2.18. The fourth-order valence-electron chi connectivity index (χ4n) is 2.37. The van der Waals surface area contributed by atoms with E-state index in [0.717, 1.165) is 22.8 Å². The first-order valence-corrected chi connectivity index (χ1v) is 7.45. The number of rotatable bonds is 5. The summed E-state index contributed by atoms with van der Waals surface area (Å²) in [6.45, 7) is 1.04. The zero-order valence-electron chi connectivity index (χ0n) is 13.9. The van der Waals surface area contributed by atoms with Crippen LogP contribution < -0.4 is 4.74 Å². The summed E-state index contributed by atoms with van der Waals surface area (Å²) >= 11 is 0. The fourth-order valence-corrected chi connectivity index (χ4v) is 2.37. The van der Waals surface area contributed by atoms with Gasteiger partial charge in [-0.1, -0.05) is 0 Å². The molecule has 0 radical (unpaired) electrons. The number of carboxylic acid groups (broad SMARTS) is 1. The van der Waals surface area contributed by atoms with E-state index >= 15 is 0 Å². The summed E-state index contributed by atoms with van der Waals surface area (Å²) < 4.78 is 18.4. The molecule has 1 aromatic carbocycles. The normalized spacial score (nSPS) is 10.4. The molecule has 0 atom stereocenters. The van der Waals surface area contributed by atoms with E-state index in [4.69, 9.17) is 14.6 Å². The van der Waals surface area contributed by atoms with Crippen molar-refractivity contribution in [2.75, 3.05) is 14.2 Å². The molecule has 0 aliphatic carbocycles. The minimum absolute atomic E-state index is 0.250. The molecule has 0 aliphatic rings. The Kier molecular flexibility index (Phi) is 6.41. The third-order valence-corrected chi connectivity index (χ3v) is 3.37. The van der Waals surface area contributed by atoms with E-state index in [-0.39, 0.29) is 12.3 Å². The first-order chi connectivity index (χ1) is 12.0. The lowest BCUT2D eigenvalue weighted by atomic mass is 10.3. The monoisotopic (exact) mass is 346 g/mol. The van der Waals surface area contributed by atoms with Crippen LogP contribution in [-0.2, 0) is 17.9 Å². The maximum absolute atomic E-state index is 13.2. The summed E-state index contributed by atoms with van der Waals surface area (Å²) in [6.07, 6.45) is 1.73. The van der Waals surface area contributed by atoms with Crippen LogP contribution >= 0.6 is 0 Å². The molecule has 2 aromatic heterocycles. The minimum Gasteiger partial charge on any atom is -0.497 e. The lowest BCUT2D eigenvalue weighted by Gasteiger charge is -2.14. The van der Waals surface area contributed by atoms with Crippen molar-refractivity contribution in [2.45, 2.75) is 13.1 Å². The second-order valence-electron chi connectivity index (χ2n) is 5.31. The molecule has 0 fully saturated rings. The van der Waals surface area contributed by atoms with Gasteiger partial charge in [0, 0.05) is 18.8 Å². The predicted octanol–water partition coefficient (Wildman–Crippen LogP) is 2.44. The number of imidazole rings is 1. The van der Waals surface area contributed by atoms with Crippen LogP contribution in [0.25, 0.3) is 11.0 Å². The lowest BCUT2D eigenvalue weighted by molar-refractivity contribution is -0.122. The molecule has 0 bridgehead atoms. The number of halogens is 1. The smallest absolute Gasteiger partial charge is 0.290 e. The Bertz CT molecular complexity index is 838. The third kappa shape index (κ3) is 5.25. The number of aromatic amines is 1. The van der Waals surface area contributed by atoms with Gasteiger partial charge in [0.15, 0.2) is 0 Å². The number of hydrogen-bond acceptors (Lipinski definition) is 5. The summed E-state index contributed by atoms with van der Waals surface area (Å²) in [4.78, 5) is 22.4. The minimum atomic E-state index is -0.267. The zero-order chi connectivity index (χ0) is 18.2. The van der Waals surface area contributed by atoms with Gasteiger partial charge in [-0.2, -0.15) is 0 Å². The van der Waals surface area contributed by atoms with Crippen LogP contribution in [0.15, 0.2) is 36.5 Å². The highest BCUT2D eigenvalue weighted by Gasteiger charge is 2.08. The number of hydrogen-bond donors (Lipinski definition) is 2. The number of aromatic nitrogens is 3. The standard InChI is InChI=1S/C16H17FN4O.CH2O2/c1-21(9-12-8-13(22-2)5-6-18-12)10-16-19-14-4-3-11(17)7-15(14)20-16;2-1-3/h3-8H,9-10H2,1-2H3,(H,19,20);1H,(H,2,3). The van der Waals surface area contributed by atoms with Crippen LogP contribution in [0.4, 0.5) is 4.39 Å². The first kappa shape index (κ1) is 18.3. The molecule has 3 rings (SSSR count). The Morgan fingerprint density at radius 3 is 2.80 bits per heavy atom. The Morgan fingerprint density at radius 2 is 2.08 bits per heavy atom. The summed E-state index contributed by atoms with van der Waals surface area (Å²) in [5.74, 6) is 1.32. The van der Waals surface area contributed by atoms with E-state index in [1.165, 1.54) is 12.1 Å². The Hall–Kier alpha value is -3.00. The molecule has 3 aromatic rings. The van der Waals surface area contributed by atoms with E-state index in [1.807, 2.05) is 19.2 Å². The highest BCUT2D eigenvalue weighted by Crippen LogP contribution is 2.15. The molecule has 0 unspecified atom stereocenters. The number of carbonyl (C=O) groups is 1. The molecular formula is C17H19FN4O3. The maximum Gasteiger partial charge on any atom is 0.290 e. The van der Waals surface area contributed by atoms with E-state index in [2.05, 4.69) is 19.9 Å². The van der Waals surface area contributed by atoms with Crippen LogP contribution in [0.1, 0.15) is 11.5 Å². The number of nitrogens with one attached hydrogen (secondary N) is 1. The Labute approximate surface area is 144 Å². The van der Waals surface area contributed by atoms with Gasteiger partial charge >= 0.3 is 0 Å². The highest BCUT2D eigenvalue weighted by molar-refractivity contribution is 5.74. The molecular weight excluding hydrogens is 327 g/mol. The van der Waals surface area contributed by atoms with E-state index in [1.54, 1.807) is 19.4 Å². The van der Waals surface area contributed by atoms with Crippen molar-refractivity contribution < 1.29 is 19.0 Å². The molecule has 7 nitrogen and oxygen atoms in total. The van der Waals surface area contributed by atoms with Crippen molar-refractivity contribution in [1.29, 1.82) is 0 Å². The van der Waals surface area contributed by atoms with Crippen LogP contribution in [0.3, 0.4) is 0 Å². The zero-order valence-corrected chi connectivity index (χ0v) is 13.9. The third-order valence-electron chi connectivity index (χ3n) is 3.37. The van der Waals surface area contributed by atoms with Crippen molar-refractivity contribution in [3.63, 3.8) is 0 Å². The molecule has 2 heterocycles. The van der Waals surface area contributed by atoms with Gasteiger partial charge in [0.2, 0.25) is 0 Å². The average molecular weight is 346 g/mol. The van der Waals surface area contributed by atoms with Gasteiger partial charge in [-0.05, 0) is 31.3 Å². The van der Waals surface area contributed by atoms with Gasteiger partial charge in [0.25, 0.3) is 6.47 Å². The molecule has 8 heteroatoms. The van der Waals surface area contributed by atoms with Gasteiger partial charge in [-0.15, -0.1) is 0 Å². The van der Waals surface area contributed by atoms with Gasteiger partial charge in [0.1, 0.15) is 17.4 Å². The topological polar surface area (TPSA) is 91.3 Å². The Morgan fingerprint density at radius 1 is 1.32 bits per heavy atom. The summed E-state index contributed by atoms with van der Waals surface area (Å²) in [7, 11) is 3.62.